The van der Waals surface area contributed by atoms with Gasteiger partial charge in [-0.15, -0.1) is 0 Å². The van der Waals surface area contributed by atoms with E-state index in [1.807, 2.05) is 12.1 Å². The highest BCUT2D eigenvalue weighted by Crippen LogP contribution is 2.53. The lowest BCUT2D eigenvalue weighted by Crippen LogP contribution is -2.38. The van der Waals surface area contributed by atoms with Crippen LogP contribution in [0, 0.1) is 6.92 Å². The Morgan fingerprint density at radius 1 is 0.327 bits per heavy atom. The van der Waals surface area contributed by atoms with Gasteiger partial charge in [0.2, 0.25) is 0 Å². The Kier molecular flexibility index (Phi) is 6.11. The van der Waals surface area contributed by atoms with Gasteiger partial charge in [0.1, 0.15) is 23.0 Å². The normalized spacial score (nSPS) is 13.0. The lowest BCUT2D eigenvalue weighted by Gasteiger charge is -2.26. The van der Waals surface area contributed by atoms with Crippen LogP contribution in [0.1, 0.15) is 5.56 Å². The van der Waals surface area contributed by atoms with Crippen molar-refractivity contribution in [2.24, 2.45) is 0 Å². The summed E-state index contributed by atoms with van der Waals surface area (Å²) in [6.45, 7) is 9.70. The van der Waals surface area contributed by atoms with Crippen molar-refractivity contribution in [3.05, 3.63) is 151 Å². The molecule has 10 aromatic carbocycles. The molecule has 0 fully saturated rings. The first-order valence-electron chi connectivity index (χ1n) is 19.3. The van der Waals surface area contributed by atoms with E-state index in [4.69, 9.17) is 9.47 Å². The van der Waals surface area contributed by atoms with Crippen molar-refractivity contribution in [1.29, 1.82) is 0 Å². The van der Waals surface area contributed by atoms with E-state index in [1.165, 1.54) is 98.0 Å². The molecule has 0 amide bonds. The van der Waals surface area contributed by atoms with Crippen LogP contribution in [0.3, 0.4) is 0 Å². The SMILES string of the molecule is Cc1cc(-c2ccc3c4c(cccc24)Oc2ccccc2-3)c2ccc3c([Si](C)(C)C)ccc4c(-c5ccc6c7c(cccc57)Oc5ccccc5-6)cc1c2c43. The monoisotopic (exact) mass is 720 g/mol. The third-order valence-corrected chi connectivity index (χ3v) is 14.3. The number of fused-ring (bicyclic) bond motifs is 4. The van der Waals surface area contributed by atoms with Crippen molar-refractivity contribution in [2.75, 3.05) is 0 Å². The molecule has 3 heteroatoms. The summed E-state index contributed by atoms with van der Waals surface area (Å²) in [5.74, 6) is 3.66. The molecule has 12 rings (SSSR count). The first kappa shape index (κ1) is 31.0. The molecule has 260 valence electrons. The zero-order valence-corrected chi connectivity index (χ0v) is 32.2. The molecular weight excluding hydrogens is 685 g/mol. The van der Waals surface area contributed by atoms with Gasteiger partial charge in [0.25, 0.3) is 0 Å². The topological polar surface area (TPSA) is 18.5 Å². The van der Waals surface area contributed by atoms with Crippen LogP contribution in [0.5, 0.6) is 23.0 Å². The molecule has 0 spiro atoms. The van der Waals surface area contributed by atoms with Crippen molar-refractivity contribution in [1.82, 2.24) is 0 Å². The van der Waals surface area contributed by atoms with Crippen molar-refractivity contribution >= 4 is 67.1 Å². The van der Waals surface area contributed by atoms with Gasteiger partial charge < -0.3 is 9.47 Å². The van der Waals surface area contributed by atoms with E-state index in [2.05, 4.69) is 160 Å². The van der Waals surface area contributed by atoms with Crippen LogP contribution in [0.4, 0.5) is 0 Å². The Labute approximate surface area is 320 Å². The molecule has 0 saturated heterocycles. The van der Waals surface area contributed by atoms with Crippen LogP contribution in [0.15, 0.2) is 146 Å². The molecule has 2 aliphatic rings. The zero-order valence-electron chi connectivity index (χ0n) is 31.2. The largest absolute Gasteiger partial charge is 0.456 e. The first-order chi connectivity index (χ1) is 26.8. The van der Waals surface area contributed by atoms with Gasteiger partial charge in [0.05, 0.1) is 8.07 Å². The molecule has 0 bridgehead atoms. The van der Waals surface area contributed by atoms with Crippen LogP contribution in [-0.4, -0.2) is 8.07 Å². The van der Waals surface area contributed by atoms with Gasteiger partial charge in [-0.3, -0.25) is 0 Å². The van der Waals surface area contributed by atoms with Crippen LogP contribution >= 0.6 is 0 Å². The van der Waals surface area contributed by atoms with E-state index in [1.54, 1.807) is 0 Å². The predicted molar refractivity (Wildman–Crippen MR) is 235 cm³/mol. The molecule has 10 aromatic rings. The second kappa shape index (κ2) is 10.8. The highest BCUT2D eigenvalue weighted by molar-refractivity contribution is 6.90. The number of benzene rings is 10. The quantitative estimate of drug-likeness (QED) is 0.134. The highest BCUT2D eigenvalue weighted by atomic mass is 28.3. The fourth-order valence-electron chi connectivity index (χ4n) is 9.88. The van der Waals surface area contributed by atoms with E-state index >= 15 is 0 Å². The zero-order chi connectivity index (χ0) is 36.7. The van der Waals surface area contributed by atoms with Crippen molar-refractivity contribution in [3.8, 4) is 67.5 Å². The molecule has 0 atom stereocenters. The van der Waals surface area contributed by atoms with Crippen LogP contribution in [-0.2, 0) is 0 Å². The summed E-state index contributed by atoms with van der Waals surface area (Å²) in [6.07, 6.45) is 0. The summed E-state index contributed by atoms with van der Waals surface area (Å²) in [7, 11) is -1.71. The maximum absolute atomic E-state index is 6.53. The summed E-state index contributed by atoms with van der Waals surface area (Å²) in [4.78, 5) is 0. The minimum atomic E-state index is -1.71. The molecule has 0 radical (unpaired) electrons. The van der Waals surface area contributed by atoms with Crippen LogP contribution in [0.2, 0.25) is 19.6 Å². The van der Waals surface area contributed by atoms with Gasteiger partial charge >= 0.3 is 0 Å². The molecular formula is C52H36O2Si. The number of hydrogen-bond acceptors (Lipinski definition) is 2. The van der Waals surface area contributed by atoms with Crippen molar-refractivity contribution < 1.29 is 9.47 Å². The van der Waals surface area contributed by atoms with Crippen LogP contribution < -0.4 is 14.7 Å². The second-order valence-electron chi connectivity index (χ2n) is 16.4. The number of para-hydroxylation sites is 2. The summed E-state index contributed by atoms with van der Waals surface area (Å²) >= 11 is 0. The first-order valence-corrected chi connectivity index (χ1v) is 22.8. The molecule has 0 saturated carbocycles. The molecule has 2 nitrogen and oxygen atoms in total. The van der Waals surface area contributed by atoms with Gasteiger partial charge in [-0.2, -0.15) is 0 Å². The minimum absolute atomic E-state index is 0.913. The molecule has 0 aliphatic carbocycles. The van der Waals surface area contributed by atoms with E-state index in [-0.39, 0.29) is 0 Å². The van der Waals surface area contributed by atoms with E-state index in [0.717, 1.165) is 34.1 Å². The third-order valence-electron chi connectivity index (χ3n) is 12.3. The Balaban J connectivity index is 1.17. The fraction of sp³-hybridized carbons (Fsp3) is 0.0769. The van der Waals surface area contributed by atoms with Crippen molar-refractivity contribution in [3.63, 3.8) is 0 Å². The van der Waals surface area contributed by atoms with Gasteiger partial charge in [0.15, 0.2) is 0 Å². The number of ether oxygens (including phenoxy) is 2. The van der Waals surface area contributed by atoms with Gasteiger partial charge in [-0.1, -0.05) is 140 Å². The summed E-state index contributed by atoms with van der Waals surface area (Å²) in [5.41, 5.74) is 11.0. The predicted octanol–water partition coefficient (Wildman–Crippen LogP) is 14.6. The number of rotatable bonds is 3. The minimum Gasteiger partial charge on any atom is -0.456 e. The Bertz CT molecular complexity index is 3310. The number of hydrogen-bond donors (Lipinski definition) is 0. The van der Waals surface area contributed by atoms with E-state index in [0.29, 0.717) is 0 Å². The Hall–Kier alpha value is -6.42. The third kappa shape index (κ3) is 4.19. The average Bonchev–Trinajstić information content (AvgIpc) is 3.20. The summed E-state index contributed by atoms with van der Waals surface area (Å²) in [5, 5.41) is 14.3. The summed E-state index contributed by atoms with van der Waals surface area (Å²) < 4.78 is 13.0. The van der Waals surface area contributed by atoms with Gasteiger partial charge in [-0.05, 0) is 119 Å². The molecule has 2 aliphatic heterocycles. The second-order valence-corrected chi connectivity index (χ2v) is 21.4. The number of aryl methyl sites for hydroxylation is 1. The average molecular weight is 721 g/mol. The molecule has 55 heavy (non-hydrogen) atoms. The smallest absolute Gasteiger partial charge is 0.135 e. The van der Waals surface area contributed by atoms with E-state index in [9.17, 15) is 0 Å². The standard InChI is InChI=1S/C52H36O2Si/c1-29-27-42(30-19-21-36-32-11-5-7-15-44(32)53-46-17-9-13-34(30)49(36)46)38-23-24-40-48(55(2,3)4)26-25-39-43(28-41(29)52(38)51(39)40)31-20-22-37-33-12-6-8-16-45(33)54-47-18-10-14-35(31)50(37)47/h5-28H,1-4H3. The Morgan fingerprint density at radius 3 is 1.36 bits per heavy atom. The lowest BCUT2D eigenvalue weighted by molar-refractivity contribution is 0.487. The molecule has 0 N–H and O–H groups in total. The lowest BCUT2D eigenvalue weighted by atomic mass is 9.82. The fourth-order valence-corrected chi connectivity index (χ4v) is 11.5. The van der Waals surface area contributed by atoms with Crippen molar-refractivity contribution in [2.45, 2.75) is 26.6 Å². The maximum atomic E-state index is 6.53. The molecule has 0 unspecified atom stereocenters. The molecule has 0 aromatic heterocycles. The van der Waals surface area contributed by atoms with Gasteiger partial charge in [-0.25, -0.2) is 0 Å². The van der Waals surface area contributed by atoms with E-state index < -0.39 is 8.07 Å². The van der Waals surface area contributed by atoms with Crippen LogP contribution in [0.25, 0.3) is 98.4 Å². The van der Waals surface area contributed by atoms with Gasteiger partial charge in [0, 0.05) is 21.9 Å². The highest BCUT2D eigenvalue weighted by Gasteiger charge is 2.27. The summed E-state index contributed by atoms with van der Waals surface area (Å²) in [6, 6.07) is 53.7. The maximum Gasteiger partial charge on any atom is 0.135 e. The molecule has 2 heterocycles. The Morgan fingerprint density at radius 2 is 0.782 bits per heavy atom.